The lowest BCUT2D eigenvalue weighted by molar-refractivity contribution is -0.00328. The summed E-state index contributed by atoms with van der Waals surface area (Å²) in [7, 11) is 1.00. The molecular formula is C48H79BrN2O2. The van der Waals surface area contributed by atoms with E-state index < -0.39 is 0 Å². The first-order valence-electron chi connectivity index (χ1n) is 20.2. The summed E-state index contributed by atoms with van der Waals surface area (Å²) in [5.41, 5.74) is 12.5. The molecule has 4 nitrogen and oxygen atoms in total. The third-order valence-corrected chi connectivity index (χ3v) is 8.13. The minimum absolute atomic E-state index is 0.279. The van der Waals surface area contributed by atoms with E-state index in [1.54, 1.807) is 6.08 Å². The summed E-state index contributed by atoms with van der Waals surface area (Å²) in [4.78, 5) is 0. The Labute approximate surface area is 336 Å². The van der Waals surface area contributed by atoms with Crippen LogP contribution in [0.4, 0.5) is 0 Å². The van der Waals surface area contributed by atoms with Crippen LogP contribution in [0.3, 0.4) is 0 Å². The largest absolute Gasteiger partial charge is 0.400 e. The lowest BCUT2D eigenvalue weighted by Gasteiger charge is -2.22. The Kier molecular flexibility index (Phi) is 38.2. The number of aromatic nitrogens is 1. The van der Waals surface area contributed by atoms with Crippen LogP contribution in [0.25, 0.3) is 5.70 Å². The molecule has 1 aliphatic rings. The van der Waals surface area contributed by atoms with Gasteiger partial charge in [-0.3, -0.25) is 0 Å². The van der Waals surface area contributed by atoms with Gasteiger partial charge >= 0.3 is 0 Å². The van der Waals surface area contributed by atoms with Gasteiger partial charge in [-0.25, -0.2) is 0 Å². The van der Waals surface area contributed by atoms with Gasteiger partial charge in [0.2, 0.25) is 0 Å². The topological polar surface area (TPSA) is 60.4 Å². The fourth-order valence-electron chi connectivity index (χ4n) is 5.17. The van der Waals surface area contributed by atoms with Crippen molar-refractivity contribution in [2.75, 3.05) is 7.11 Å². The predicted octanol–water partition coefficient (Wildman–Crippen LogP) is 14.5. The van der Waals surface area contributed by atoms with Crippen LogP contribution in [-0.2, 0) is 17.6 Å². The highest BCUT2D eigenvalue weighted by molar-refractivity contribution is 9.10. The number of aliphatic hydroxyl groups excluding tert-OH is 1. The number of benzene rings is 2. The summed E-state index contributed by atoms with van der Waals surface area (Å²) >= 11 is 3.40. The van der Waals surface area contributed by atoms with Crippen molar-refractivity contribution in [3.8, 4) is 11.8 Å². The number of aryl methyl sites for hydroxylation is 2. The third kappa shape index (κ3) is 25.6. The molecule has 1 fully saturated rings. The molecule has 0 amide bonds. The lowest BCUT2D eigenvalue weighted by atomic mass is 9.99. The van der Waals surface area contributed by atoms with Crippen molar-refractivity contribution in [3.05, 3.63) is 112 Å². The Bertz CT molecular complexity index is 1350. The van der Waals surface area contributed by atoms with Crippen molar-refractivity contribution in [1.29, 1.82) is 0 Å². The van der Waals surface area contributed by atoms with E-state index in [4.69, 9.17) is 15.6 Å². The highest BCUT2D eigenvalue weighted by Crippen LogP contribution is 2.35. The molecule has 1 aromatic heterocycles. The van der Waals surface area contributed by atoms with Gasteiger partial charge in [-0.1, -0.05) is 160 Å². The Balaban J connectivity index is -0.000000643. The van der Waals surface area contributed by atoms with Crippen molar-refractivity contribution in [2.24, 2.45) is 5.73 Å². The van der Waals surface area contributed by atoms with E-state index in [2.05, 4.69) is 144 Å². The van der Waals surface area contributed by atoms with Gasteiger partial charge in [0.1, 0.15) is 6.23 Å². The minimum Gasteiger partial charge on any atom is -0.400 e. The van der Waals surface area contributed by atoms with E-state index in [1.165, 1.54) is 74.6 Å². The first-order chi connectivity index (χ1) is 25.5. The number of rotatable bonds is 9. The number of halogens is 1. The van der Waals surface area contributed by atoms with E-state index in [9.17, 15) is 0 Å². The van der Waals surface area contributed by atoms with Crippen LogP contribution in [-0.4, -0.2) is 22.9 Å². The molecule has 2 aromatic carbocycles. The predicted molar refractivity (Wildman–Crippen MR) is 241 cm³/mol. The van der Waals surface area contributed by atoms with Crippen molar-refractivity contribution >= 4 is 21.6 Å². The van der Waals surface area contributed by atoms with E-state index >= 15 is 0 Å². The third-order valence-electron chi connectivity index (χ3n) is 7.60. The zero-order valence-electron chi connectivity index (χ0n) is 36.0. The summed E-state index contributed by atoms with van der Waals surface area (Å²) in [5, 5.41) is 7.00. The molecule has 3 aromatic rings. The molecule has 300 valence electrons. The molecule has 4 rings (SSSR count). The van der Waals surface area contributed by atoms with Gasteiger partial charge in [0.25, 0.3) is 0 Å². The molecule has 3 N–H and O–H groups in total. The van der Waals surface area contributed by atoms with Gasteiger partial charge in [0.05, 0.1) is 6.10 Å². The molecule has 1 aliphatic heterocycles. The number of hydrogen-bond acceptors (Lipinski definition) is 3. The molecule has 0 aliphatic carbocycles. The highest BCUT2D eigenvalue weighted by Gasteiger charge is 2.28. The summed E-state index contributed by atoms with van der Waals surface area (Å²) in [5.74, 6) is 6.68. The number of hydrogen-bond donors (Lipinski definition) is 2. The van der Waals surface area contributed by atoms with Crippen molar-refractivity contribution in [1.82, 2.24) is 4.57 Å². The molecule has 5 heteroatoms. The van der Waals surface area contributed by atoms with E-state index in [0.29, 0.717) is 17.7 Å². The highest BCUT2D eigenvalue weighted by atomic mass is 79.9. The molecule has 0 bridgehead atoms. The number of nitrogens with zero attached hydrogens (tertiary/aromatic N) is 1. The van der Waals surface area contributed by atoms with Crippen molar-refractivity contribution in [2.45, 2.75) is 165 Å². The van der Waals surface area contributed by atoms with E-state index in [0.717, 1.165) is 35.6 Å². The maximum absolute atomic E-state index is 7.00. The number of allylic oxidation sites excluding steroid dienone is 1. The quantitative estimate of drug-likeness (QED) is 0.167. The zero-order chi connectivity index (χ0) is 41.0. The van der Waals surface area contributed by atoms with E-state index in [-0.39, 0.29) is 6.23 Å². The summed E-state index contributed by atoms with van der Waals surface area (Å²) in [6.45, 7) is 30.8. The summed E-state index contributed by atoms with van der Waals surface area (Å²) < 4.78 is 9.82. The zero-order valence-corrected chi connectivity index (χ0v) is 37.6. The van der Waals surface area contributed by atoms with Crippen LogP contribution in [0.1, 0.15) is 174 Å². The van der Waals surface area contributed by atoms with Gasteiger partial charge in [-0.2, -0.15) is 0 Å². The maximum atomic E-state index is 7.00. The van der Waals surface area contributed by atoms with Crippen molar-refractivity contribution in [3.63, 3.8) is 0 Å². The molecule has 2 heterocycles. The second-order valence-corrected chi connectivity index (χ2v) is 13.8. The maximum Gasteiger partial charge on any atom is 0.134 e. The molecular weight excluding hydrogens is 716 g/mol. The monoisotopic (exact) mass is 795 g/mol. The van der Waals surface area contributed by atoms with Gasteiger partial charge < -0.3 is 20.1 Å². The molecule has 0 saturated carbocycles. The lowest BCUT2D eigenvalue weighted by Crippen LogP contribution is -2.15. The first-order valence-corrected chi connectivity index (χ1v) is 21.0. The van der Waals surface area contributed by atoms with Gasteiger partial charge in [0.15, 0.2) is 0 Å². The van der Waals surface area contributed by atoms with Crippen LogP contribution in [0.2, 0.25) is 0 Å². The first kappa shape index (κ1) is 54.3. The van der Waals surface area contributed by atoms with Crippen molar-refractivity contribution < 1.29 is 9.84 Å². The van der Waals surface area contributed by atoms with Crippen LogP contribution in [0.5, 0.6) is 0 Å². The van der Waals surface area contributed by atoms with Gasteiger partial charge in [-0.15, -0.1) is 6.58 Å². The fraction of sp³-hybridized carbons (Fsp3) is 0.542. The van der Waals surface area contributed by atoms with Gasteiger partial charge in [0, 0.05) is 41.2 Å². The minimum atomic E-state index is 0.279. The average Bonchev–Trinajstić information content (AvgIpc) is 3.81. The smallest absolute Gasteiger partial charge is 0.134 e. The second kappa shape index (κ2) is 37.3. The van der Waals surface area contributed by atoms with E-state index in [1.807, 2.05) is 38.1 Å². The second-order valence-electron chi connectivity index (χ2n) is 12.8. The number of nitrogens with two attached hydrogens (primary N) is 1. The Hall–Kier alpha value is -3.04. The average molecular weight is 796 g/mol. The van der Waals surface area contributed by atoms with Crippen LogP contribution in [0.15, 0.2) is 84.5 Å². The molecule has 0 spiro atoms. The molecule has 3 atom stereocenters. The molecule has 1 saturated heterocycles. The Morgan fingerprint density at radius 3 is 2.02 bits per heavy atom. The summed E-state index contributed by atoms with van der Waals surface area (Å²) in [6, 6.07) is 18.6. The summed E-state index contributed by atoms with van der Waals surface area (Å²) in [6.07, 6.45) is 17.7. The fourth-order valence-corrected chi connectivity index (χ4v) is 5.43. The molecule has 53 heavy (non-hydrogen) atoms. The van der Waals surface area contributed by atoms with Crippen LogP contribution < -0.4 is 5.73 Å². The molecule has 0 radical (unpaired) electrons. The Morgan fingerprint density at radius 2 is 1.55 bits per heavy atom. The Morgan fingerprint density at radius 1 is 0.962 bits per heavy atom. The van der Waals surface area contributed by atoms with Gasteiger partial charge in [-0.05, 0) is 98.4 Å². The number of aliphatic hydroxyl groups is 1. The SMILES string of the molecule is C=C(N)c1cccc(C#CCC)c1.C=CC.CCC.CCC.CCCC1CCC(n2ccc(CC)c2C(C)CC)O1.CCCc1ccc(Br)cc1.CO. The normalized spacial score (nSPS) is 13.9. The van der Waals surface area contributed by atoms with Crippen LogP contribution >= 0.6 is 15.9 Å². The molecule has 3 unspecified atom stereocenters. The standard InChI is InChI=1S/C17H29NO.C12H13N.C9H11Br.2C3H8.C3H6.CH4O/c1-5-8-15-9-10-16(19-15)18-12-11-14(7-3)17(18)13(4)6-2;1-3-4-6-11-7-5-8-12(9-11)10(2)13;1-2-3-8-4-6-9(10)7-5-8;3*1-3-2;1-2/h11-13,15-16H,5-10H2,1-4H3;5,7-9H,2-3,13H2,1H3;4-7H,2-3H2,1H3;2*3H2,1-2H3;3H,1H2,2H3;2H,1H3. The van der Waals surface area contributed by atoms with Crippen LogP contribution in [0, 0.1) is 11.8 Å². The number of ether oxygens (including phenoxy) is 1.